The number of hydrogen-bond acceptors (Lipinski definition) is 3. The van der Waals surface area contributed by atoms with Gasteiger partial charge in [-0.25, -0.2) is 13.2 Å². The van der Waals surface area contributed by atoms with E-state index in [-0.39, 0.29) is 37.1 Å². The molecule has 4 nitrogen and oxygen atoms in total. The van der Waals surface area contributed by atoms with Gasteiger partial charge in [0.05, 0.1) is 17.6 Å². The summed E-state index contributed by atoms with van der Waals surface area (Å²) in [6.45, 7) is 0.421. The number of aromatic nitrogens is 1. The first-order valence-electron chi connectivity index (χ1n) is 11.4. The van der Waals surface area contributed by atoms with Crippen LogP contribution in [0, 0.1) is 5.82 Å². The van der Waals surface area contributed by atoms with Crippen molar-refractivity contribution in [2.75, 3.05) is 12.3 Å². The van der Waals surface area contributed by atoms with Crippen molar-refractivity contribution in [3.8, 4) is 16.9 Å². The van der Waals surface area contributed by atoms with E-state index in [1.165, 1.54) is 30.3 Å². The third kappa shape index (κ3) is 6.84. The van der Waals surface area contributed by atoms with Crippen LogP contribution in [0.1, 0.15) is 24.8 Å². The Bertz CT molecular complexity index is 1420. The Balaban J connectivity index is 1.49. The molecule has 194 valence electrons. The second-order valence-corrected chi connectivity index (χ2v) is 8.52. The Labute approximate surface area is 209 Å². The minimum Gasteiger partial charge on any atom is -0.405 e. The topological polar surface area (TPSA) is 52.5 Å². The van der Waals surface area contributed by atoms with Crippen LogP contribution in [0.25, 0.3) is 11.1 Å². The molecule has 0 radical (unpaired) electrons. The summed E-state index contributed by atoms with van der Waals surface area (Å²) in [5.74, 6) is -2.70. The summed E-state index contributed by atoms with van der Waals surface area (Å²) < 4.78 is 85.9. The highest BCUT2D eigenvalue weighted by Crippen LogP contribution is 2.35. The predicted octanol–water partition coefficient (Wildman–Crippen LogP) is 6.98. The van der Waals surface area contributed by atoms with Gasteiger partial charge in [0.2, 0.25) is 0 Å². The zero-order valence-electron chi connectivity index (χ0n) is 19.5. The van der Waals surface area contributed by atoms with Gasteiger partial charge >= 0.3 is 6.36 Å². The van der Waals surface area contributed by atoms with Gasteiger partial charge in [0.1, 0.15) is 23.2 Å². The lowest BCUT2D eigenvalue weighted by Gasteiger charge is -2.14. The van der Waals surface area contributed by atoms with Crippen molar-refractivity contribution in [2.24, 2.45) is 4.99 Å². The summed E-state index contributed by atoms with van der Waals surface area (Å²) in [5, 5.41) is 0.481. The van der Waals surface area contributed by atoms with Crippen LogP contribution in [-0.4, -0.2) is 17.5 Å². The molecular formula is C27H23F6N3O. The molecule has 4 rings (SSSR count). The van der Waals surface area contributed by atoms with E-state index in [1.807, 2.05) is 0 Å². The first-order chi connectivity index (χ1) is 17.6. The quantitative estimate of drug-likeness (QED) is 0.282. The number of para-hydroxylation sites is 1. The zero-order valence-corrected chi connectivity index (χ0v) is 19.5. The highest BCUT2D eigenvalue weighted by atomic mass is 19.4. The minimum absolute atomic E-state index is 0.0198. The van der Waals surface area contributed by atoms with Crippen LogP contribution in [-0.2, 0) is 6.54 Å². The van der Waals surface area contributed by atoms with Crippen molar-refractivity contribution in [3.05, 3.63) is 101 Å². The molecule has 1 heterocycles. The van der Waals surface area contributed by atoms with E-state index in [9.17, 15) is 26.3 Å². The molecule has 1 aliphatic carbocycles. The average Bonchev–Trinajstić information content (AvgIpc) is 2.98. The smallest absolute Gasteiger partial charge is 0.405 e. The monoisotopic (exact) mass is 519 g/mol. The molecule has 0 saturated carbocycles. The molecule has 1 aromatic heterocycles. The largest absolute Gasteiger partial charge is 0.573 e. The van der Waals surface area contributed by atoms with Crippen LogP contribution in [0.4, 0.5) is 32.0 Å². The summed E-state index contributed by atoms with van der Waals surface area (Å²) in [6.07, 6.45) is 0.507. The van der Waals surface area contributed by atoms with E-state index in [1.54, 1.807) is 35.2 Å². The summed E-state index contributed by atoms with van der Waals surface area (Å²) >= 11 is 0. The lowest BCUT2D eigenvalue weighted by Crippen LogP contribution is -2.17. The summed E-state index contributed by atoms with van der Waals surface area (Å²) in [6, 6.07) is 11.2. The third-order valence-corrected chi connectivity index (χ3v) is 5.75. The minimum atomic E-state index is -4.90. The molecule has 0 fully saturated rings. The number of hydrogen-bond donors (Lipinski definition) is 1. The molecule has 3 aromatic rings. The Hall–Kier alpha value is -3.95. The highest BCUT2D eigenvalue weighted by Gasteiger charge is 2.32. The fraction of sp³-hybridized carbons (Fsp3) is 0.222. The molecule has 0 atom stereocenters. The number of allylic oxidation sites excluding steroid dienone is 3. The Kier molecular flexibility index (Phi) is 7.75. The second kappa shape index (κ2) is 11.0. The number of nitrogens with zero attached hydrogens (tertiary/aromatic N) is 2. The third-order valence-electron chi connectivity index (χ3n) is 5.75. The van der Waals surface area contributed by atoms with Gasteiger partial charge in [-0.15, -0.1) is 13.2 Å². The van der Waals surface area contributed by atoms with Gasteiger partial charge in [-0.1, -0.05) is 36.4 Å². The standard InChI is InChI=1S/C27H23F6N3O/c28-21-6-3-4-17(12-23(21)30)14-35-25-10-11-36(16-24(25)34)15-18-8-9-19(22(29)13-18)20-5-1-2-7-26(20)37-27(31,32)33/h1-2,4-5,7-11,13,16H,3,6,12,14-15,34H2. The van der Waals surface area contributed by atoms with Crippen molar-refractivity contribution in [3.63, 3.8) is 0 Å². The molecular weight excluding hydrogens is 496 g/mol. The molecule has 0 aliphatic heterocycles. The van der Waals surface area contributed by atoms with Crippen molar-refractivity contribution in [1.29, 1.82) is 0 Å². The maximum Gasteiger partial charge on any atom is 0.573 e. The van der Waals surface area contributed by atoms with Gasteiger partial charge in [-0.3, -0.25) is 4.99 Å². The van der Waals surface area contributed by atoms with Crippen molar-refractivity contribution >= 4 is 5.69 Å². The number of anilines is 1. The molecule has 0 spiro atoms. The lowest BCUT2D eigenvalue weighted by molar-refractivity contribution is -0.274. The number of nitrogen functional groups attached to an aromatic ring is 1. The van der Waals surface area contributed by atoms with E-state index < -0.39 is 29.6 Å². The van der Waals surface area contributed by atoms with Crippen LogP contribution >= 0.6 is 0 Å². The van der Waals surface area contributed by atoms with E-state index >= 15 is 0 Å². The summed E-state index contributed by atoms with van der Waals surface area (Å²) in [5.41, 5.74) is 7.63. The van der Waals surface area contributed by atoms with Crippen molar-refractivity contribution < 1.29 is 31.1 Å². The maximum absolute atomic E-state index is 14.9. The molecule has 2 N–H and O–H groups in total. The van der Waals surface area contributed by atoms with Gasteiger partial charge in [0.15, 0.2) is 0 Å². The number of nitrogens with two attached hydrogens (primary N) is 1. The van der Waals surface area contributed by atoms with Gasteiger partial charge in [0.25, 0.3) is 0 Å². The van der Waals surface area contributed by atoms with Gasteiger partial charge in [-0.05, 0) is 35.8 Å². The van der Waals surface area contributed by atoms with Crippen LogP contribution in [0.15, 0.2) is 89.2 Å². The zero-order chi connectivity index (χ0) is 26.6. The van der Waals surface area contributed by atoms with E-state index in [0.29, 0.717) is 28.6 Å². The number of ether oxygens (including phenoxy) is 1. The van der Waals surface area contributed by atoms with E-state index in [0.717, 1.165) is 6.07 Å². The first-order valence-corrected chi connectivity index (χ1v) is 11.4. The first kappa shape index (κ1) is 26.1. The number of benzene rings is 2. The van der Waals surface area contributed by atoms with Crippen molar-refractivity contribution in [2.45, 2.75) is 32.2 Å². The van der Waals surface area contributed by atoms with Crippen LogP contribution in [0.3, 0.4) is 0 Å². The number of rotatable bonds is 6. The lowest BCUT2D eigenvalue weighted by atomic mass is 10.0. The predicted molar refractivity (Wildman–Crippen MR) is 128 cm³/mol. The maximum atomic E-state index is 14.9. The Morgan fingerprint density at radius 1 is 0.973 bits per heavy atom. The summed E-state index contributed by atoms with van der Waals surface area (Å²) in [7, 11) is 0. The number of halogens is 6. The molecule has 0 amide bonds. The van der Waals surface area contributed by atoms with Crippen molar-refractivity contribution in [1.82, 2.24) is 4.57 Å². The van der Waals surface area contributed by atoms with Crippen LogP contribution in [0.2, 0.25) is 0 Å². The normalized spacial score (nSPS) is 15.0. The Morgan fingerprint density at radius 3 is 2.49 bits per heavy atom. The SMILES string of the molecule is Nc1cn(Cc2ccc(-c3ccccc3OC(F)(F)F)c(F)c2)ccc1=NCC1=CCCC(F)=C(F)C1. The number of pyridine rings is 1. The van der Waals surface area contributed by atoms with Crippen LogP contribution < -0.4 is 15.8 Å². The van der Waals surface area contributed by atoms with Gasteiger partial charge < -0.3 is 15.0 Å². The average molecular weight is 519 g/mol. The van der Waals surface area contributed by atoms with Gasteiger partial charge in [-0.2, -0.15) is 0 Å². The molecule has 2 aromatic carbocycles. The molecule has 10 heteroatoms. The second-order valence-electron chi connectivity index (χ2n) is 8.52. The fourth-order valence-corrected chi connectivity index (χ4v) is 4.00. The Morgan fingerprint density at radius 2 is 1.76 bits per heavy atom. The number of alkyl halides is 3. The summed E-state index contributed by atoms with van der Waals surface area (Å²) in [4.78, 5) is 4.40. The highest BCUT2D eigenvalue weighted by molar-refractivity contribution is 5.71. The molecule has 0 bridgehead atoms. The van der Waals surface area contributed by atoms with Gasteiger partial charge in [0, 0.05) is 42.9 Å². The fourth-order valence-electron chi connectivity index (χ4n) is 4.00. The van der Waals surface area contributed by atoms with Crippen LogP contribution in [0.5, 0.6) is 5.75 Å². The molecule has 1 aliphatic rings. The molecule has 37 heavy (non-hydrogen) atoms. The van der Waals surface area contributed by atoms with E-state index in [4.69, 9.17) is 5.73 Å². The van der Waals surface area contributed by atoms with E-state index in [2.05, 4.69) is 9.73 Å². The molecule has 0 saturated heterocycles. The molecule has 0 unspecified atom stereocenters.